The highest BCUT2D eigenvalue weighted by Gasteiger charge is 2.19. The minimum Gasteiger partial charge on any atom is -0.297 e. The first-order valence-corrected chi connectivity index (χ1v) is 10.6. The Labute approximate surface area is 174 Å². The highest BCUT2D eigenvalue weighted by Crippen LogP contribution is 2.28. The second-order valence-electron chi connectivity index (χ2n) is 7.75. The molecule has 1 aliphatic rings. The zero-order valence-electron chi connectivity index (χ0n) is 17.1. The van der Waals surface area contributed by atoms with Gasteiger partial charge >= 0.3 is 0 Å². The van der Waals surface area contributed by atoms with Gasteiger partial charge in [-0.2, -0.15) is 9.61 Å². The first-order valence-electron chi connectivity index (χ1n) is 10.6. The van der Waals surface area contributed by atoms with E-state index in [0.29, 0.717) is 17.8 Å². The van der Waals surface area contributed by atoms with E-state index < -0.39 is 0 Å². The Balaban J connectivity index is 1.59. The summed E-state index contributed by atoms with van der Waals surface area (Å²) in [6.07, 6.45) is 10.3. The van der Waals surface area contributed by atoms with Crippen molar-refractivity contribution in [3.63, 3.8) is 0 Å². The molecule has 0 unspecified atom stereocenters. The van der Waals surface area contributed by atoms with Crippen LogP contribution < -0.4 is 5.56 Å². The fourth-order valence-corrected chi connectivity index (χ4v) is 4.21. The molecule has 0 amide bonds. The van der Waals surface area contributed by atoms with Gasteiger partial charge in [0.15, 0.2) is 16.8 Å². The highest BCUT2D eigenvalue weighted by atomic mass is 16.1. The molecule has 0 saturated carbocycles. The largest absolute Gasteiger partial charge is 0.297 e. The monoisotopic (exact) mass is 400 g/mol. The SMILES string of the molecule is CCc1nn2c(nnc3c(=O)n(CCC4=CCCCC4)cnc32)c1-c1ccccc1. The predicted octanol–water partition coefficient (Wildman–Crippen LogP) is 3.95. The fourth-order valence-electron chi connectivity index (χ4n) is 4.21. The third kappa shape index (κ3) is 3.20. The molecule has 4 aromatic rings. The minimum absolute atomic E-state index is 0.166. The lowest BCUT2D eigenvalue weighted by atomic mass is 9.97. The van der Waals surface area contributed by atoms with Crippen molar-refractivity contribution in [1.29, 1.82) is 0 Å². The van der Waals surface area contributed by atoms with Crippen LogP contribution >= 0.6 is 0 Å². The van der Waals surface area contributed by atoms with Crippen LogP contribution in [0, 0.1) is 0 Å². The molecule has 152 valence electrons. The maximum Gasteiger partial charge on any atom is 0.283 e. The predicted molar refractivity (Wildman–Crippen MR) is 116 cm³/mol. The third-order valence-electron chi connectivity index (χ3n) is 5.83. The zero-order chi connectivity index (χ0) is 20.5. The van der Waals surface area contributed by atoms with Crippen molar-refractivity contribution in [2.45, 2.75) is 52.0 Å². The van der Waals surface area contributed by atoms with Crippen molar-refractivity contribution in [3.8, 4) is 11.1 Å². The number of hydrogen-bond donors (Lipinski definition) is 0. The summed E-state index contributed by atoms with van der Waals surface area (Å²) in [6.45, 7) is 2.67. The lowest BCUT2D eigenvalue weighted by Crippen LogP contribution is -2.23. The van der Waals surface area contributed by atoms with Crippen molar-refractivity contribution < 1.29 is 0 Å². The zero-order valence-corrected chi connectivity index (χ0v) is 17.1. The number of hydrogen-bond acceptors (Lipinski definition) is 5. The van der Waals surface area contributed by atoms with E-state index in [4.69, 9.17) is 5.10 Å². The standard InChI is InChI=1S/C23H24N6O/c1-2-18-19(17-11-7-4-8-12-17)21-26-25-20-22(29(21)27-18)24-15-28(23(20)30)14-13-16-9-5-3-6-10-16/h4,7-9,11-12,15H,2-3,5-6,10,13-14H2,1H3. The lowest BCUT2D eigenvalue weighted by molar-refractivity contribution is 0.609. The Kier molecular flexibility index (Phi) is 4.86. The Morgan fingerprint density at radius 3 is 2.70 bits per heavy atom. The normalized spacial score (nSPS) is 14.4. The molecule has 7 heteroatoms. The van der Waals surface area contributed by atoms with Crippen LogP contribution in [0.25, 0.3) is 27.9 Å². The van der Waals surface area contributed by atoms with Crippen LogP contribution in [-0.2, 0) is 13.0 Å². The maximum atomic E-state index is 13.0. The van der Waals surface area contributed by atoms with Crippen molar-refractivity contribution in [3.05, 3.63) is 64.4 Å². The van der Waals surface area contributed by atoms with E-state index in [2.05, 4.69) is 28.2 Å². The van der Waals surface area contributed by atoms with Crippen molar-refractivity contribution in [2.24, 2.45) is 0 Å². The second kappa shape index (κ2) is 7.82. The van der Waals surface area contributed by atoms with E-state index in [-0.39, 0.29) is 11.1 Å². The van der Waals surface area contributed by atoms with Gasteiger partial charge in [0.25, 0.3) is 5.56 Å². The molecule has 0 radical (unpaired) electrons. The van der Waals surface area contributed by atoms with Gasteiger partial charge in [0.05, 0.1) is 11.3 Å². The van der Waals surface area contributed by atoms with Crippen LogP contribution in [-0.4, -0.2) is 29.4 Å². The van der Waals surface area contributed by atoms with Crippen LogP contribution in [0.4, 0.5) is 0 Å². The molecular weight excluding hydrogens is 376 g/mol. The number of rotatable bonds is 5. The molecule has 0 aliphatic heterocycles. The summed E-state index contributed by atoms with van der Waals surface area (Å²) in [7, 11) is 0. The number of aromatic nitrogens is 6. The Morgan fingerprint density at radius 2 is 1.93 bits per heavy atom. The molecule has 0 spiro atoms. The summed E-state index contributed by atoms with van der Waals surface area (Å²) in [4.78, 5) is 17.6. The number of fused-ring (bicyclic) bond motifs is 3. The van der Waals surface area contributed by atoms with Crippen LogP contribution in [0.3, 0.4) is 0 Å². The average Bonchev–Trinajstić information content (AvgIpc) is 3.19. The molecule has 5 rings (SSSR count). The summed E-state index contributed by atoms with van der Waals surface area (Å²) in [6, 6.07) is 10.0. The van der Waals surface area contributed by atoms with Gasteiger partial charge < -0.3 is 0 Å². The molecule has 0 N–H and O–H groups in total. The number of benzene rings is 1. The maximum absolute atomic E-state index is 13.0. The smallest absolute Gasteiger partial charge is 0.283 e. The summed E-state index contributed by atoms with van der Waals surface area (Å²) >= 11 is 0. The highest BCUT2D eigenvalue weighted by molar-refractivity contribution is 5.83. The van der Waals surface area contributed by atoms with Crippen molar-refractivity contribution in [1.82, 2.24) is 29.4 Å². The van der Waals surface area contributed by atoms with Gasteiger partial charge in [0.1, 0.15) is 6.33 Å². The molecule has 1 aromatic carbocycles. The van der Waals surface area contributed by atoms with Gasteiger partial charge in [-0.15, -0.1) is 10.2 Å². The first-order chi connectivity index (χ1) is 14.8. The fraction of sp³-hybridized carbons (Fsp3) is 0.348. The molecule has 30 heavy (non-hydrogen) atoms. The molecule has 0 saturated heterocycles. The molecular formula is C23H24N6O. The summed E-state index contributed by atoms with van der Waals surface area (Å²) in [5.74, 6) is 0. The van der Waals surface area contributed by atoms with E-state index in [1.165, 1.54) is 18.4 Å². The third-order valence-corrected chi connectivity index (χ3v) is 5.83. The molecule has 1 aliphatic carbocycles. The molecule has 0 atom stereocenters. The van der Waals surface area contributed by atoms with Crippen molar-refractivity contribution in [2.75, 3.05) is 0 Å². The van der Waals surface area contributed by atoms with Gasteiger partial charge in [0, 0.05) is 6.54 Å². The van der Waals surface area contributed by atoms with E-state index in [0.717, 1.165) is 42.5 Å². The average molecular weight is 400 g/mol. The summed E-state index contributed by atoms with van der Waals surface area (Å²) < 4.78 is 3.31. The summed E-state index contributed by atoms with van der Waals surface area (Å²) in [5.41, 5.74) is 5.50. The minimum atomic E-state index is -0.166. The van der Waals surface area contributed by atoms with E-state index in [1.54, 1.807) is 15.4 Å². The van der Waals surface area contributed by atoms with Crippen molar-refractivity contribution >= 4 is 16.8 Å². The molecule has 7 nitrogen and oxygen atoms in total. The van der Waals surface area contributed by atoms with E-state index in [9.17, 15) is 4.79 Å². The van der Waals surface area contributed by atoms with Crippen LogP contribution in [0.15, 0.2) is 53.1 Å². The van der Waals surface area contributed by atoms with E-state index >= 15 is 0 Å². The van der Waals surface area contributed by atoms with Gasteiger partial charge in [0.2, 0.25) is 0 Å². The molecule has 0 fully saturated rings. The van der Waals surface area contributed by atoms with Crippen LogP contribution in [0.5, 0.6) is 0 Å². The number of aryl methyl sites for hydroxylation is 2. The first kappa shape index (κ1) is 18.7. The molecule has 0 bridgehead atoms. The topological polar surface area (TPSA) is 78.0 Å². The molecule has 3 heterocycles. The van der Waals surface area contributed by atoms with Gasteiger partial charge in [-0.25, -0.2) is 4.98 Å². The lowest BCUT2D eigenvalue weighted by Gasteiger charge is -2.13. The van der Waals surface area contributed by atoms with Gasteiger partial charge in [-0.1, -0.05) is 48.9 Å². The summed E-state index contributed by atoms with van der Waals surface area (Å²) in [5, 5.41) is 13.4. The number of nitrogens with zero attached hydrogens (tertiary/aromatic N) is 6. The Morgan fingerprint density at radius 1 is 1.07 bits per heavy atom. The number of allylic oxidation sites excluding steroid dienone is 2. The van der Waals surface area contributed by atoms with Gasteiger partial charge in [-0.05, 0) is 44.1 Å². The second-order valence-corrected chi connectivity index (χ2v) is 7.75. The van der Waals surface area contributed by atoms with Gasteiger partial charge in [-0.3, -0.25) is 9.36 Å². The Hall–Kier alpha value is -3.35. The van der Waals surface area contributed by atoms with Crippen LogP contribution in [0.1, 0.15) is 44.7 Å². The quantitative estimate of drug-likeness (QED) is 0.474. The van der Waals surface area contributed by atoms with E-state index in [1.807, 2.05) is 30.3 Å². The van der Waals surface area contributed by atoms with Crippen LogP contribution in [0.2, 0.25) is 0 Å². The molecule has 3 aromatic heterocycles. The Bertz CT molecular complexity index is 1300.